The van der Waals surface area contributed by atoms with Crippen LogP contribution in [0.5, 0.6) is 11.6 Å². The van der Waals surface area contributed by atoms with Gasteiger partial charge < -0.3 is 4.74 Å². The molecule has 2 N–H and O–H groups in total. The van der Waals surface area contributed by atoms with Gasteiger partial charge in [-0.3, -0.25) is 9.27 Å². The van der Waals surface area contributed by atoms with E-state index in [4.69, 9.17) is 9.29 Å². The molecule has 1 heterocycles. The van der Waals surface area contributed by atoms with Crippen molar-refractivity contribution < 1.29 is 13.5 Å². The first-order chi connectivity index (χ1) is 10.2. The average Bonchev–Trinajstić information content (AvgIpc) is 2.49. The molecule has 0 amide bonds. The third-order valence-electron chi connectivity index (χ3n) is 2.91. The Morgan fingerprint density at radius 2 is 1.86 bits per heavy atom. The molecule has 2 aromatic carbocycles. The summed E-state index contributed by atoms with van der Waals surface area (Å²) in [6.45, 7) is 0. The topological polar surface area (TPSA) is 71.5 Å². The van der Waals surface area contributed by atoms with Crippen molar-refractivity contribution >= 4 is 27.7 Å². The van der Waals surface area contributed by atoms with Crippen molar-refractivity contribution in [3.63, 3.8) is 0 Å². The molecule has 0 aliphatic heterocycles. The Kier molecular flexibility index (Phi) is 3.81. The third kappa shape index (κ3) is 3.18. The van der Waals surface area contributed by atoms with Gasteiger partial charge in [-0.05, 0) is 17.5 Å². The van der Waals surface area contributed by atoms with Crippen LogP contribution in [0.2, 0.25) is 0 Å². The van der Waals surface area contributed by atoms with Crippen molar-refractivity contribution in [2.75, 3.05) is 4.72 Å². The Hall–Kier alpha value is -2.44. The van der Waals surface area contributed by atoms with Crippen molar-refractivity contribution in [3.05, 3.63) is 60.8 Å². The quantitative estimate of drug-likeness (QED) is 0.722. The summed E-state index contributed by atoms with van der Waals surface area (Å²) < 4.78 is 27.5. The first-order valence-electron chi connectivity index (χ1n) is 6.21. The molecule has 3 rings (SSSR count). The lowest BCUT2D eigenvalue weighted by Gasteiger charge is -2.08. The number of rotatable bonds is 4. The molecule has 0 aliphatic rings. The minimum atomic E-state index is -2.11. The number of hydrogen-bond acceptors (Lipinski definition) is 3. The molecule has 1 atom stereocenters. The van der Waals surface area contributed by atoms with E-state index in [9.17, 15) is 4.21 Å². The molecule has 0 radical (unpaired) electrons. The maximum atomic E-state index is 10.6. The van der Waals surface area contributed by atoms with E-state index in [0.29, 0.717) is 17.3 Å². The Labute approximate surface area is 124 Å². The van der Waals surface area contributed by atoms with Crippen LogP contribution in [0.1, 0.15) is 0 Å². The van der Waals surface area contributed by atoms with Crippen LogP contribution in [0, 0.1) is 0 Å². The predicted octanol–water partition coefficient (Wildman–Crippen LogP) is 3.58. The number of anilines is 1. The van der Waals surface area contributed by atoms with Gasteiger partial charge in [-0.2, -0.15) is 0 Å². The summed E-state index contributed by atoms with van der Waals surface area (Å²) >= 11 is -2.11. The van der Waals surface area contributed by atoms with Crippen molar-refractivity contribution in [2.24, 2.45) is 0 Å². The van der Waals surface area contributed by atoms with Gasteiger partial charge in [0, 0.05) is 11.5 Å². The van der Waals surface area contributed by atoms with Crippen molar-refractivity contribution in [1.29, 1.82) is 0 Å². The number of ether oxygens (including phenoxy) is 1. The Balaban J connectivity index is 1.87. The lowest BCUT2D eigenvalue weighted by molar-refractivity contribution is 0.468. The number of nitrogens with zero attached hydrogens (tertiary/aromatic N) is 1. The maximum absolute atomic E-state index is 10.6. The molecule has 0 saturated heterocycles. The van der Waals surface area contributed by atoms with Gasteiger partial charge in [-0.1, -0.05) is 36.4 Å². The fourth-order valence-corrected chi connectivity index (χ4v) is 2.32. The molecule has 106 valence electrons. The average molecular weight is 300 g/mol. The molecular weight excluding hydrogens is 288 g/mol. The number of benzene rings is 2. The van der Waals surface area contributed by atoms with Gasteiger partial charge in [0.2, 0.25) is 5.88 Å². The van der Waals surface area contributed by atoms with Gasteiger partial charge in [0.05, 0.1) is 11.9 Å². The summed E-state index contributed by atoms with van der Waals surface area (Å²) in [5, 5.41) is 2.09. The lowest BCUT2D eigenvalue weighted by atomic mass is 10.1. The highest BCUT2D eigenvalue weighted by Crippen LogP contribution is 2.29. The van der Waals surface area contributed by atoms with Crippen LogP contribution in [0.3, 0.4) is 0 Å². The van der Waals surface area contributed by atoms with Gasteiger partial charge in [0.25, 0.3) is 11.3 Å². The molecular formula is C15H12N2O3S. The van der Waals surface area contributed by atoms with Crippen LogP contribution in [0.4, 0.5) is 5.69 Å². The highest BCUT2D eigenvalue weighted by molar-refractivity contribution is 7.80. The van der Waals surface area contributed by atoms with Crippen molar-refractivity contribution in [1.82, 2.24) is 4.98 Å². The van der Waals surface area contributed by atoms with Gasteiger partial charge >= 0.3 is 0 Å². The summed E-state index contributed by atoms with van der Waals surface area (Å²) in [6, 6.07) is 17.0. The van der Waals surface area contributed by atoms with Crippen molar-refractivity contribution in [2.45, 2.75) is 0 Å². The normalized spacial score (nSPS) is 12.0. The fraction of sp³-hybridized carbons (Fsp3) is 0. The van der Waals surface area contributed by atoms with E-state index in [2.05, 4.69) is 9.71 Å². The number of pyridine rings is 1. The summed E-state index contributed by atoms with van der Waals surface area (Å²) in [5.41, 5.74) is 0.445. The fourth-order valence-electron chi connectivity index (χ4n) is 2.00. The van der Waals surface area contributed by atoms with E-state index in [1.54, 1.807) is 12.1 Å². The number of hydrogen-bond donors (Lipinski definition) is 2. The molecule has 0 aliphatic carbocycles. The Morgan fingerprint density at radius 3 is 2.62 bits per heavy atom. The van der Waals surface area contributed by atoms with Gasteiger partial charge in [0.15, 0.2) is 0 Å². The minimum absolute atomic E-state index is 0.417. The molecule has 1 unspecified atom stereocenters. The molecule has 0 fully saturated rings. The highest BCUT2D eigenvalue weighted by atomic mass is 32.2. The largest absolute Gasteiger partial charge is 0.438 e. The van der Waals surface area contributed by atoms with Crippen LogP contribution < -0.4 is 9.46 Å². The van der Waals surface area contributed by atoms with E-state index >= 15 is 0 Å². The molecule has 3 aromatic rings. The van der Waals surface area contributed by atoms with E-state index in [1.165, 1.54) is 6.20 Å². The zero-order valence-corrected chi connectivity index (χ0v) is 11.7. The van der Waals surface area contributed by atoms with Crippen LogP contribution in [0.25, 0.3) is 10.8 Å². The summed E-state index contributed by atoms with van der Waals surface area (Å²) in [6.07, 6.45) is 1.44. The number of nitrogens with one attached hydrogen (secondary N) is 1. The molecule has 1 aromatic heterocycles. The van der Waals surface area contributed by atoms with Crippen LogP contribution in [-0.4, -0.2) is 13.7 Å². The Bertz CT molecular complexity index is 785. The Morgan fingerprint density at radius 1 is 1.05 bits per heavy atom. The maximum Gasteiger partial charge on any atom is 0.259 e. The van der Waals surface area contributed by atoms with E-state index in [1.807, 2.05) is 42.5 Å². The molecule has 0 bridgehead atoms. The predicted molar refractivity (Wildman–Crippen MR) is 82.7 cm³/mol. The summed E-state index contributed by atoms with van der Waals surface area (Å²) in [7, 11) is 0. The van der Waals surface area contributed by atoms with Gasteiger partial charge in [-0.15, -0.1) is 0 Å². The third-order valence-corrected chi connectivity index (χ3v) is 3.32. The molecule has 0 spiro atoms. The standard InChI is InChI=1S/C15H12N2O3S/c18-21(19)17-12-8-9-15(16-10-12)20-14-7-3-5-11-4-1-2-6-13(11)14/h1-10,17H,(H,18,19). The zero-order valence-electron chi connectivity index (χ0n) is 10.9. The van der Waals surface area contributed by atoms with E-state index < -0.39 is 11.3 Å². The summed E-state index contributed by atoms with van der Waals surface area (Å²) in [4.78, 5) is 4.10. The molecule has 0 saturated carbocycles. The van der Waals surface area contributed by atoms with Crippen LogP contribution in [-0.2, 0) is 11.3 Å². The zero-order chi connectivity index (χ0) is 14.7. The molecule has 6 heteroatoms. The first kappa shape index (κ1) is 13.5. The SMILES string of the molecule is O=S(O)Nc1ccc(Oc2cccc3ccccc23)nc1. The monoisotopic (exact) mass is 300 g/mol. The smallest absolute Gasteiger partial charge is 0.259 e. The minimum Gasteiger partial charge on any atom is -0.438 e. The van der Waals surface area contributed by atoms with Gasteiger partial charge in [-0.25, -0.2) is 9.19 Å². The van der Waals surface area contributed by atoms with E-state index in [-0.39, 0.29) is 0 Å². The first-order valence-corrected chi connectivity index (χ1v) is 7.32. The van der Waals surface area contributed by atoms with Crippen LogP contribution >= 0.6 is 0 Å². The second-order valence-electron chi connectivity index (χ2n) is 4.32. The summed E-state index contributed by atoms with van der Waals surface area (Å²) in [5.74, 6) is 1.13. The lowest BCUT2D eigenvalue weighted by Crippen LogP contribution is -2.02. The molecule has 5 nitrogen and oxygen atoms in total. The second-order valence-corrected chi connectivity index (χ2v) is 5.02. The number of aromatic nitrogens is 1. The highest BCUT2D eigenvalue weighted by Gasteiger charge is 2.04. The van der Waals surface area contributed by atoms with Crippen molar-refractivity contribution in [3.8, 4) is 11.6 Å². The van der Waals surface area contributed by atoms with E-state index in [0.717, 1.165) is 10.8 Å². The van der Waals surface area contributed by atoms with Crippen LogP contribution in [0.15, 0.2) is 60.8 Å². The second kappa shape index (κ2) is 5.90. The van der Waals surface area contributed by atoms with Gasteiger partial charge in [0.1, 0.15) is 5.75 Å². The number of fused-ring (bicyclic) bond motifs is 1. The molecule has 21 heavy (non-hydrogen) atoms.